The van der Waals surface area contributed by atoms with Gasteiger partial charge >= 0.3 is 5.97 Å². The molecule has 6 nitrogen and oxygen atoms in total. The van der Waals surface area contributed by atoms with Crippen molar-refractivity contribution in [2.45, 2.75) is 44.1 Å². The van der Waals surface area contributed by atoms with Gasteiger partial charge < -0.3 is 14.6 Å². The molecule has 0 amide bonds. The average Bonchev–Trinajstić information content (AvgIpc) is 3.19. The molecule has 1 aromatic carbocycles. The molecule has 0 bridgehead atoms. The molecule has 0 spiro atoms. The van der Waals surface area contributed by atoms with Gasteiger partial charge in [-0.05, 0) is 24.8 Å². The maximum absolute atomic E-state index is 12.1. The highest BCUT2D eigenvalue weighted by atomic mass is 16.7. The fourth-order valence-electron chi connectivity index (χ4n) is 3.57. The summed E-state index contributed by atoms with van der Waals surface area (Å²) in [6, 6.07) is 9.91. The Morgan fingerprint density at radius 2 is 2.21 bits per heavy atom. The van der Waals surface area contributed by atoms with Crippen LogP contribution in [0.4, 0.5) is 0 Å². The van der Waals surface area contributed by atoms with Crippen molar-refractivity contribution in [1.29, 1.82) is 0 Å². The molecule has 0 saturated carbocycles. The van der Waals surface area contributed by atoms with Gasteiger partial charge in [0.1, 0.15) is 12.0 Å². The molecule has 2 saturated heterocycles. The normalized spacial score (nSPS) is 27.8. The van der Waals surface area contributed by atoms with E-state index in [-0.39, 0.29) is 12.0 Å². The number of fused-ring (bicyclic) bond motifs is 1. The molecular formula is C18H25NO5. The van der Waals surface area contributed by atoms with Crippen LogP contribution in [-0.4, -0.2) is 54.7 Å². The van der Waals surface area contributed by atoms with Gasteiger partial charge in [0.05, 0.1) is 25.9 Å². The Hall–Kier alpha value is -1.47. The lowest BCUT2D eigenvalue weighted by molar-refractivity contribution is -0.180. The molecule has 1 aromatic rings. The van der Waals surface area contributed by atoms with Crippen LogP contribution < -0.4 is 0 Å². The largest absolute Gasteiger partial charge is 0.469 e. The second-order valence-corrected chi connectivity index (χ2v) is 6.36. The molecule has 2 heterocycles. The lowest BCUT2D eigenvalue weighted by Gasteiger charge is -2.23. The van der Waals surface area contributed by atoms with Crippen molar-refractivity contribution in [3.8, 4) is 0 Å². The molecule has 0 aromatic heterocycles. The van der Waals surface area contributed by atoms with Crippen molar-refractivity contribution in [3.05, 3.63) is 35.9 Å². The molecule has 24 heavy (non-hydrogen) atoms. The highest BCUT2D eigenvalue weighted by Crippen LogP contribution is 2.37. The van der Waals surface area contributed by atoms with Gasteiger partial charge in [0, 0.05) is 13.2 Å². The predicted octanol–water partition coefficient (Wildman–Crippen LogP) is 1.52. The van der Waals surface area contributed by atoms with Crippen LogP contribution in [0.15, 0.2) is 30.3 Å². The van der Waals surface area contributed by atoms with E-state index in [1.165, 1.54) is 7.11 Å². The SMILES string of the molecule is COC(=O)[C@@H]1[C@@H]([C@H](O)CCOCc2ccccc2)ON2CCC[C@H]12. The van der Waals surface area contributed by atoms with E-state index < -0.39 is 18.1 Å². The summed E-state index contributed by atoms with van der Waals surface area (Å²) >= 11 is 0. The fourth-order valence-corrected chi connectivity index (χ4v) is 3.57. The number of nitrogens with zero attached hydrogens (tertiary/aromatic N) is 1. The second kappa shape index (κ2) is 8.07. The summed E-state index contributed by atoms with van der Waals surface area (Å²) in [5.41, 5.74) is 1.09. The molecule has 0 unspecified atom stereocenters. The standard InChI is InChI=1S/C18H25NO5/c1-22-18(21)16-14-8-5-10-19(14)24-17(16)15(20)9-11-23-12-13-6-3-2-4-7-13/h2-4,6-7,14-17,20H,5,8-12H2,1H3/t14-,15-,16+,17-/m1/s1. The Labute approximate surface area is 142 Å². The number of benzene rings is 1. The maximum Gasteiger partial charge on any atom is 0.313 e. The van der Waals surface area contributed by atoms with Crippen molar-refractivity contribution in [2.24, 2.45) is 5.92 Å². The zero-order chi connectivity index (χ0) is 16.9. The summed E-state index contributed by atoms with van der Waals surface area (Å²) in [6.07, 6.45) is 1.01. The van der Waals surface area contributed by atoms with Gasteiger partial charge in [-0.25, -0.2) is 0 Å². The van der Waals surface area contributed by atoms with Crippen LogP contribution in [0, 0.1) is 5.92 Å². The lowest BCUT2D eigenvalue weighted by atomic mass is 9.89. The fraction of sp³-hybridized carbons (Fsp3) is 0.611. The van der Waals surface area contributed by atoms with E-state index in [4.69, 9.17) is 14.3 Å². The summed E-state index contributed by atoms with van der Waals surface area (Å²) in [6.45, 7) is 1.72. The van der Waals surface area contributed by atoms with Crippen LogP contribution >= 0.6 is 0 Å². The Morgan fingerprint density at radius 1 is 1.42 bits per heavy atom. The van der Waals surface area contributed by atoms with Crippen molar-refractivity contribution in [3.63, 3.8) is 0 Å². The Balaban J connectivity index is 1.50. The first-order valence-corrected chi connectivity index (χ1v) is 8.51. The molecule has 2 aliphatic rings. The molecule has 2 fully saturated rings. The number of methoxy groups -OCH3 is 1. The summed E-state index contributed by atoms with van der Waals surface area (Å²) < 4.78 is 10.5. The average molecular weight is 335 g/mol. The Morgan fingerprint density at radius 3 is 2.96 bits per heavy atom. The maximum atomic E-state index is 12.1. The quantitative estimate of drug-likeness (QED) is 0.602. The third kappa shape index (κ3) is 3.78. The van der Waals surface area contributed by atoms with Gasteiger partial charge in [0.2, 0.25) is 0 Å². The molecular weight excluding hydrogens is 310 g/mol. The molecule has 3 rings (SSSR count). The van der Waals surface area contributed by atoms with Crippen LogP contribution in [0.5, 0.6) is 0 Å². The number of hydroxylamine groups is 2. The van der Waals surface area contributed by atoms with Crippen LogP contribution in [0.25, 0.3) is 0 Å². The molecule has 4 atom stereocenters. The zero-order valence-corrected chi connectivity index (χ0v) is 14.0. The van der Waals surface area contributed by atoms with Gasteiger partial charge in [-0.15, -0.1) is 0 Å². The van der Waals surface area contributed by atoms with Crippen LogP contribution in [0.1, 0.15) is 24.8 Å². The second-order valence-electron chi connectivity index (χ2n) is 6.36. The van der Waals surface area contributed by atoms with E-state index in [9.17, 15) is 9.90 Å². The van der Waals surface area contributed by atoms with Gasteiger partial charge in [-0.2, -0.15) is 5.06 Å². The number of ether oxygens (including phenoxy) is 2. The summed E-state index contributed by atoms with van der Waals surface area (Å²) in [4.78, 5) is 17.9. The minimum absolute atomic E-state index is 0.0161. The molecule has 0 aliphatic carbocycles. The van der Waals surface area contributed by atoms with Crippen LogP contribution in [0.3, 0.4) is 0 Å². The third-order valence-corrected chi connectivity index (χ3v) is 4.80. The van der Waals surface area contributed by atoms with E-state index in [1.807, 2.05) is 35.4 Å². The minimum atomic E-state index is -0.754. The molecule has 6 heteroatoms. The first-order chi connectivity index (χ1) is 11.7. The van der Waals surface area contributed by atoms with Crippen LogP contribution in [-0.2, 0) is 25.7 Å². The summed E-state index contributed by atoms with van der Waals surface area (Å²) in [7, 11) is 1.38. The Bertz CT molecular complexity index is 537. The number of hydrogen-bond acceptors (Lipinski definition) is 6. The van der Waals surface area contributed by atoms with Gasteiger partial charge in [0.15, 0.2) is 0 Å². The molecule has 132 valence electrons. The van der Waals surface area contributed by atoms with E-state index >= 15 is 0 Å². The van der Waals surface area contributed by atoms with E-state index in [2.05, 4.69) is 0 Å². The summed E-state index contributed by atoms with van der Waals surface area (Å²) in [5.74, 6) is -0.736. The topological polar surface area (TPSA) is 68.2 Å². The first-order valence-electron chi connectivity index (χ1n) is 8.51. The number of hydrogen-bond donors (Lipinski definition) is 1. The first kappa shape index (κ1) is 17.4. The van der Waals surface area contributed by atoms with Crippen LogP contribution in [0.2, 0.25) is 0 Å². The molecule has 0 radical (unpaired) electrons. The smallest absolute Gasteiger partial charge is 0.313 e. The molecule has 2 aliphatic heterocycles. The van der Waals surface area contributed by atoms with Crippen molar-refractivity contribution < 1.29 is 24.2 Å². The van der Waals surface area contributed by atoms with Gasteiger partial charge in [0.25, 0.3) is 0 Å². The van der Waals surface area contributed by atoms with E-state index in [1.54, 1.807) is 0 Å². The van der Waals surface area contributed by atoms with Crippen molar-refractivity contribution in [1.82, 2.24) is 5.06 Å². The number of rotatable bonds is 7. The number of aliphatic hydroxyl groups is 1. The lowest BCUT2D eigenvalue weighted by Crippen LogP contribution is -2.40. The Kier molecular flexibility index (Phi) is 5.84. The monoisotopic (exact) mass is 335 g/mol. The predicted molar refractivity (Wildman–Crippen MR) is 86.8 cm³/mol. The minimum Gasteiger partial charge on any atom is -0.469 e. The van der Waals surface area contributed by atoms with Crippen molar-refractivity contribution in [2.75, 3.05) is 20.3 Å². The van der Waals surface area contributed by atoms with E-state index in [0.717, 1.165) is 24.9 Å². The highest BCUT2D eigenvalue weighted by Gasteiger charge is 2.52. The number of carbonyl (C=O) groups is 1. The highest BCUT2D eigenvalue weighted by molar-refractivity contribution is 5.74. The number of carbonyl (C=O) groups excluding carboxylic acids is 1. The van der Waals surface area contributed by atoms with E-state index in [0.29, 0.717) is 19.6 Å². The third-order valence-electron chi connectivity index (χ3n) is 4.80. The van der Waals surface area contributed by atoms with Gasteiger partial charge in [-0.3, -0.25) is 9.63 Å². The number of aliphatic hydroxyl groups excluding tert-OH is 1. The number of esters is 1. The van der Waals surface area contributed by atoms with Crippen molar-refractivity contribution >= 4 is 5.97 Å². The van der Waals surface area contributed by atoms with Gasteiger partial charge in [-0.1, -0.05) is 30.3 Å². The zero-order valence-electron chi connectivity index (χ0n) is 14.0. The molecule has 1 N–H and O–H groups in total. The summed E-state index contributed by atoms with van der Waals surface area (Å²) in [5, 5.41) is 12.3.